The summed E-state index contributed by atoms with van der Waals surface area (Å²) < 4.78 is 0. The molecular weight excluding hydrogens is 224 g/mol. The zero-order valence-corrected chi connectivity index (χ0v) is 10.3. The summed E-state index contributed by atoms with van der Waals surface area (Å²) in [5, 5.41) is 9.82. The number of carbonyl (C=O) groups excluding carboxylic acids is 1. The number of rotatable bonds is 3. The molecule has 0 aliphatic carbocycles. The fourth-order valence-corrected chi connectivity index (χ4v) is 2.78. The van der Waals surface area contributed by atoms with Gasteiger partial charge in [-0.3, -0.25) is 9.69 Å². The van der Waals surface area contributed by atoms with Gasteiger partial charge in [-0.25, -0.2) is 0 Å². The van der Waals surface area contributed by atoms with E-state index < -0.39 is 0 Å². The summed E-state index contributed by atoms with van der Waals surface area (Å²) in [5.41, 5.74) is 5.73. The molecule has 5 nitrogen and oxygen atoms in total. The first kappa shape index (κ1) is 11.5. The van der Waals surface area contributed by atoms with Gasteiger partial charge in [0.2, 0.25) is 11.0 Å². The van der Waals surface area contributed by atoms with Gasteiger partial charge in [0.15, 0.2) is 0 Å². The third-order valence-electron chi connectivity index (χ3n) is 2.42. The van der Waals surface area contributed by atoms with Gasteiger partial charge in [0.05, 0.1) is 0 Å². The Morgan fingerprint density at radius 2 is 2.31 bits per heavy atom. The van der Waals surface area contributed by atoms with Gasteiger partial charge >= 0.3 is 0 Å². The van der Waals surface area contributed by atoms with Gasteiger partial charge in [0.25, 0.3) is 0 Å². The Labute approximate surface area is 98.7 Å². The topological polar surface area (TPSA) is 72.1 Å². The van der Waals surface area contributed by atoms with Crippen LogP contribution >= 0.6 is 11.3 Å². The van der Waals surface area contributed by atoms with Gasteiger partial charge in [-0.15, -0.1) is 10.2 Å². The van der Waals surface area contributed by atoms with Gasteiger partial charge in [0.1, 0.15) is 5.01 Å². The zero-order valence-electron chi connectivity index (χ0n) is 9.51. The van der Waals surface area contributed by atoms with Crippen molar-refractivity contribution in [3.05, 3.63) is 5.01 Å². The van der Waals surface area contributed by atoms with Crippen LogP contribution in [0.15, 0.2) is 0 Å². The molecule has 2 N–H and O–H groups in total. The number of carbonyl (C=O) groups is 1. The average molecular weight is 240 g/mol. The number of hydrogen-bond donors (Lipinski definition) is 1. The molecule has 0 bridgehead atoms. The number of nitrogens with zero attached hydrogens (tertiary/aromatic N) is 3. The van der Waals surface area contributed by atoms with Crippen LogP contribution in [0.2, 0.25) is 0 Å². The third-order valence-corrected chi connectivity index (χ3v) is 3.39. The summed E-state index contributed by atoms with van der Waals surface area (Å²) in [6, 6.07) is -0.0649. The molecule has 1 aromatic rings. The minimum Gasteiger partial charge on any atom is -0.326 e. The monoisotopic (exact) mass is 240 g/mol. The van der Waals surface area contributed by atoms with Crippen LogP contribution in [0.4, 0.5) is 5.13 Å². The van der Waals surface area contributed by atoms with Crippen LogP contribution in [0.3, 0.4) is 0 Å². The van der Waals surface area contributed by atoms with E-state index in [1.165, 1.54) is 11.3 Å². The highest BCUT2D eigenvalue weighted by Gasteiger charge is 2.30. The average Bonchev–Trinajstić information content (AvgIpc) is 2.72. The fraction of sp³-hybridized carbons (Fsp3) is 0.700. The quantitative estimate of drug-likeness (QED) is 0.848. The molecule has 1 aromatic heterocycles. The lowest BCUT2D eigenvalue weighted by Gasteiger charge is -2.10. The van der Waals surface area contributed by atoms with Crippen LogP contribution in [0.25, 0.3) is 0 Å². The largest absolute Gasteiger partial charge is 0.326 e. The SMILES string of the molecule is CC(C)Cc1nnc(N2CC(N)CC2=O)s1. The molecule has 1 saturated heterocycles. The molecule has 6 heteroatoms. The van der Waals surface area contributed by atoms with Crippen LogP contribution in [0.1, 0.15) is 25.3 Å². The van der Waals surface area contributed by atoms with Crippen LogP contribution in [-0.2, 0) is 11.2 Å². The van der Waals surface area contributed by atoms with Gasteiger partial charge in [0, 0.05) is 25.4 Å². The highest BCUT2D eigenvalue weighted by Crippen LogP contribution is 2.25. The second-order valence-electron chi connectivity index (χ2n) is 4.54. The summed E-state index contributed by atoms with van der Waals surface area (Å²) in [5.74, 6) is 0.608. The predicted octanol–water partition coefficient (Wildman–Crippen LogP) is 0.801. The Morgan fingerprint density at radius 1 is 1.56 bits per heavy atom. The standard InChI is InChI=1S/C10H16N4OS/c1-6(2)3-8-12-13-10(16-8)14-5-7(11)4-9(14)15/h6-7H,3-5,11H2,1-2H3. The molecule has 1 amide bonds. The lowest BCUT2D eigenvalue weighted by molar-refractivity contribution is -0.117. The number of hydrogen-bond acceptors (Lipinski definition) is 5. The van der Waals surface area contributed by atoms with Crippen molar-refractivity contribution in [3.63, 3.8) is 0 Å². The van der Waals surface area contributed by atoms with Gasteiger partial charge in [-0.2, -0.15) is 0 Å². The molecule has 1 aliphatic rings. The lowest BCUT2D eigenvalue weighted by atomic mass is 10.1. The number of anilines is 1. The molecule has 0 spiro atoms. The van der Waals surface area contributed by atoms with Crippen LogP contribution < -0.4 is 10.6 Å². The van der Waals surface area contributed by atoms with Crippen molar-refractivity contribution in [2.45, 2.75) is 32.7 Å². The van der Waals surface area contributed by atoms with Gasteiger partial charge in [-0.1, -0.05) is 25.2 Å². The van der Waals surface area contributed by atoms with Gasteiger partial charge in [-0.05, 0) is 5.92 Å². The molecule has 0 saturated carbocycles. The highest BCUT2D eigenvalue weighted by molar-refractivity contribution is 7.15. The minimum atomic E-state index is -0.0649. The molecule has 2 heterocycles. The molecule has 1 unspecified atom stereocenters. The van der Waals surface area contributed by atoms with E-state index in [1.54, 1.807) is 4.90 Å². The summed E-state index contributed by atoms with van der Waals surface area (Å²) in [6.45, 7) is 4.84. The zero-order chi connectivity index (χ0) is 11.7. The second kappa shape index (κ2) is 4.47. The van der Waals surface area contributed by atoms with Crippen molar-refractivity contribution in [1.29, 1.82) is 0 Å². The molecule has 0 aromatic carbocycles. The van der Waals surface area contributed by atoms with E-state index in [1.807, 2.05) is 0 Å². The fourth-order valence-electron chi connectivity index (χ4n) is 1.71. The number of amides is 1. The maximum atomic E-state index is 11.6. The molecule has 2 rings (SSSR count). The summed E-state index contributed by atoms with van der Waals surface area (Å²) in [4.78, 5) is 13.2. The van der Waals surface area contributed by atoms with Crippen LogP contribution in [0, 0.1) is 5.92 Å². The Balaban J connectivity index is 2.10. The lowest BCUT2D eigenvalue weighted by Crippen LogP contribution is -2.27. The van der Waals surface area contributed by atoms with E-state index >= 15 is 0 Å². The Bertz CT molecular complexity index is 390. The number of aromatic nitrogens is 2. The Kier molecular flexibility index (Phi) is 3.20. The van der Waals surface area contributed by atoms with Crippen molar-refractivity contribution >= 4 is 22.4 Å². The van der Waals surface area contributed by atoms with E-state index in [0.717, 1.165) is 11.4 Å². The van der Waals surface area contributed by atoms with Crippen molar-refractivity contribution in [3.8, 4) is 0 Å². The maximum Gasteiger partial charge on any atom is 0.230 e. The Hall–Kier alpha value is -1.01. The van der Waals surface area contributed by atoms with Crippen LogP contribution in [0.5, 0.6) is 0 Å². The Morgan fingerprint density at radius 3 is 2.88 bits per heavy atom. The molecule has 1 atom stereocenters. The molecule has 88 valence electrons. The molecule has 1 aliphatic heterocycles. The molecule has 1 fully saturated rings. The highest BCUT2D eigenvalue weighted by atomic mass is 32.1. The van der Waals surface area contributed by atoms with E-state index in [4.69, 9.17) is 5.73 Å². The van der Waals surface area contributed by atoms with Crippen LogP contribution in [-0.4, -0.2) is 28.7 Å². The van der Waals surface area contributed by atoms with Crippen molar-refractivity contribution in [2.24, 2.45) is 11.7 Å². The normalized spacial score (nSPS) is 21.1. The molecule has 16 heavy (non-hydrogen) atoms. The third kappa shape index (κ3) is 2.38. The van der Waals surface area contributed by atoms with E-state index in [0.29, 0.717) is 24.0 Å². The second-order valence-corrected chi connectivity index (χ2v) is 5.59. The molecular formula is C10H16N4OS. The van der Waals surface area contributed by atoms with Crippen molar-refractivity contribution in [2.75, 3.05) is 11.4 Å². The minimum absolute atomic E-state index is 0.0553. The first-order chi connectivity index (χ1) is 7.56. The van der Waals surface area contributed by atoms with E-state index in [9.17, 15) is 4.79 Å². The summed E-state index contributed by atoms with van der Waals surface area (Å²) in [6.07, 6.45) is 1.32. The van der Waals surface area contributed by atoms with E-state index in [-0.39, 0.29) is 11.9 Å². The van der Waals surface area contributed by atoms with Gasteiger partial charge < -0.3 is 5.73 Å². The smallest absolute Gasteiger partial charge is 0.230 e. The van der Waals surface area contributed by atoms with Crippen molar-refractivity contribution < 1.29 is 4.79 Å². The van der Waals surface area contributed by atoms with E-state index in [2.05, 4.69) is 24.0 Å². The first-order valence-electron chi connectivity index (χ1n) is 5.44. The number of nitrogens with two attached hydrogens (primary N) is 1. The summed E-state index contributed by atoms with van der Waals surface area (Å²) in [7, 11) is 0. The summed E-state index contributed by atoms with van der Waals surface area (Å²) >= 11 is 1.49. The predicted molar refractivity (Wildman–Crippen MR) is 63.4 cm³/mol. The first-order valence-corrected chi connectivity index (χ1v) is 6.26. The van der Waals surface area contributed by atoms with Crippen molar-refractivity contribution in [1.82, 2.24) is 10.2 Å². The molecule has 0 radical (unpaired) electrons. The maximum absolute atomic E-state index is 11.6.